The van der Waals surface area contributed by atoms with Crippen LogP contribution in [-0.2, 0) is 6.42 Å². The molecule has 1 atom stereocenters. The number of benzene rings is 2. The molecule has 82 valence electrons. The fourth-order valence-corrected chi connectivity index (χ4v) is 3.40. The monoisotopic (exact) mass is 228 g/mol. The van der Waals surface area contributed by atoms with Gasteiger partial charge in [0.25, 0.3) is 0 Å². The van der Waals surface area contributed by atoms with E-state index in [1.54, 1.807) is 0 Å². The molecule has 2 aromatic rings. The van der Waals surface area contributed by atoms with Gasteiger partial charge in [0.05, 0.1) is 0 Å². The van der Waals surface area contributed by atoms with Gasteiger partial charge in [-0.3, -0.25) is 0 Å². The average molecular weight is 228 g/mol. The van der Waals surface area contributed by atoms with Crippen LogP contribution in [0.15, 0.2) is 60.7 Å². The van der Waals surface area contributed by atoms with Crippen LogP contribution in [0.3, 0.4) is 0 Å². The molecule has 1 N–H and O–H groups in total. The highest BCUT2D eigenvalue weighted by molar-refractivity contribution is 6.66. The van der Waals surface area contributed by atoms with Gasteiger partial charge in [0.15, 0.2) is 0 Å². The molecule has 0 radical (unpaired) electrons. The van der Waals surface area contributed by atoms with Crippen LogP contribution in [0.4, 0.5) is 0 Å². The van der Waals surface area contributed by atoms with Crippen LogP contribution in [0.25, 0.3) is 0 Å². The first-order chi connectivity index (χ1) is 7.86. The van der Waals surface area contributed by atoms with E-state index in [-0.39, 0.29) is 0 Å². The van der Waals surface area contributed by atoms with Gasteiger partial charge in [0, 0.05) is 0 Å². The van der Waals surface area contributed by atoms with Crippen LogP contribution in [0.1, 0.15) is 5.56 Å². The molecule has 1 nitrogen and oxygen atoms in total. The van der Waals surface area contributed by atoms with Crippen LogP contribution in [0, 0.1) is 0 Å². The topological polar surface area (TPSA) is 20.2 Å². The molecule has 2 heteroatoms. The highest BCUT2D eigenvalue weighted by Gasteiger charge is 2.09. The standard InChI is InChI=1S/C14H16OSi/c15-16(14-9-5-2-6-10-14)12-11-13-7-3-1-4-8-13/h1-10,15-16H,11-12H2. The molecule has 0 heterocycles. The van der Waals surface area contributed by atoms with Gasteiger partial charge >= 0.3 is 0 Å². The van der Waals surface area contributed by atoms with Gasteiger partial charge in [-0.05, 0) is 23.2 Å². The second-order valence-electron chi connectivity index (χ2n) is 3.95. The molecular formula is C14H16OSi. The Kier molecular flexibility index (Phi) is 3.91. The van der Waals surface area contributed by atoms with Crippen molar-refractivity contribution in [2.75, 3.05) is 0 Å². The van der Waals surface area contributed by atoms with Gasteiger partial charge in [0.1, 0.15) is 0 Å². The van der Waals surface area contributed by atoms with E-state index in [9.17, 15) is 4.80 Å². The van der Waals surface area contributed by atoms with Crippen LogP contribution in [0.5, 0.6) is 0 Å². The Hall–Kier alpha value is -1.38. The Labute approximate surface area is 98.1 Å². The molecule has 0 aliphatic carbocycles. The minimum Gasteiger partial charge on any atom is -0.430 e. The first kappa shape index (κ1) is 11.1. The Balaban J connectivity index is 1.92. The van der Waals surface area contributed by atoms with Gasteiger partial charge in [-0.25, -0.2) is 0 Å². The summed E-state index contributed by atoms with van der Waals surface area (Å²) in [6.07, 6.45) is 0.975. The Morgan fingerprint density at radius 2 is 1.38 bits per heavy atom. The third-order valence-electron chi connectivity index (χ3n) is 2.73. The molecule has 0 saturated carbocycles. The predicted octanol–water partition coefficient (Wildman–Crippen LogP) is 1.85. The maximum Gasteiger partial charge on any atom is 0.204 e. The molecule has 0 spiro atoms. The second-order valence-corrected chi connectivity index (χ2v) is 6.23. The lowest BCUT2D eigenvalue weighted by Gasteiger charge is -2.08. The summed E-state index contributed by atoms with van der Waals surface area (Å²) in [7, 11) is -1.73. The first-order valence-corrected chi connectivity index (χ1v) is 7.54. The second kappa shape index (κ2) is 5.63. The zero-order chi connectivity index (χ0) is 11.2. The van der Waals surface area contributed by atoms with Crippen molar-refractivity contribution in [2.45, 2.75) is 12.5 Å². The molecule has 2 aromatic carbocycles. The molecule has 1 unspecified atom stereocenters. The van der Waals surface area contributed by atoms with E-state index in [0.29, 0.717) is 0 Å². The predicted molar refractivity (Wildman–Crippen MR) is 70.4 cm³/mol. The van der Waals surface area contributed by atoms with Crippen molar-refractivity contribution in [3.05, 3.63) is 66.2 Å². The van der Waals surface area contributed by atoms with E-state index in [1.165, 1.54) is 5.56 Å². The van der Waals surface area contributed by atoms with E-state index in [4.69, 9.17) is 0 Å². The highest BCUT2D eigenvalue weighted by atomic mass is 28.3. The third-order valence-corrected chi connectivity index (χ3v) is 4.72. The van der Waals surface area contributed by atoms with Crippen LogP contribution < -0.4 is 5.19 Å². The molecule has 0 saturated heterocycles. The van der Waals surface area contributed by atoms with Gasteiger partial charge in [0.2, 0.25) is 9.04 Å². The average Bonchev–Trinajstić information content (AvgIpc) is 2.38. The summed E-state index contributed by atoms with van der Waals surface area (Å²) in [4.78, 5) is 10.1. The summed E-state index contributed by atoms with van der Waals surface area (Å²) in [6, 6.07) is 21.3. The summed E-state index contributed by atoms with van der Waals surface area (Å²) in [6.45, 7) is 0. The van der Waals surface area contributed by atoms with Crippen molar-refractivity contribution in [2.24, 2.45) is 0 Å². The summed E-state index contributed by atoms with van der Waals surface area (Å²) >= 11 is 0. The van der Waals surface area contributed by atoms with E-state index >= 15 is 0 Å². The zero-order valence-electron chi connectivity index (χ0n) is 9.21. The number of hydrogen-bond acceptors (Lipinski definition) is 1. The highest BCUT2D eigenvalue weighted by Crippen LogP contribution is 2.04. The maximum absolute atomic E-state index is 10.1. The molecule has 16 heavy (non-hydrogen) atoms. The van der Waals surface area contributed by atoms with Crippen molar-refractivity contribution in [3.63, 3.8) is 0 Å². The number of rotatable bonds is 4. The lowest BCUT2D eigenvalue weighted by molar-refractivity contribution is 0.582. The van der Waals surface area contributed by atoms with Crippen LogP contribution in [0.2, 0.25) is 6.04 Å². The van der Waals surface area contributed by atoms with Crippen LogP contribution in [-0.4, -0.2) is 13.8 Å². The van der Waals surface area contributed by atoms with Crippen molar-refractivity contribution in [1.82, 2.24) is 0 Å². The summed E-state index contributed by atoms with van der Waals surface area (Å²) in [5, 5.41) is 1.14. The maximum atomic E-state index is 10.1. The molecule has 0 aliphatic heterocycles. The Morgan fingerprint density at radius 1 is 0.812 bits per heavy atom. The third kappa shape index (κ3) is 3.05. The van der Waals surface area contributed by atoms with Crippen molar-refractivity contribution < 1.29 is 4.80 Å². The molecule has 0 bridgehead atoms. The lowest BCUT2D eigenvalue weighted by atomic mass is 10.2. The molecule has 0 fully saturated rings. The normalized spacial score (nSPS) is 12.3. The summed E-state index contributed by atoms with van der Waals surface area (Å²) < 4.78 is 0. The summed E-state index contributed by atoms with van der Waals surface area (Å²) in [5.74, 6) is 0. The molecule has 0 aromatic heterocycles. The fourth-order valence-electron chi connectivity index (χ4n) is 1.79. The Morgan fingerprint density at radius 3 is 2.00 bits per heavy atom. The van der Waals surface area contributed by atoms with Gasteiger partial charge in [-0.1, -0.05) is 60.7 Å². The minimum absolute atomic E-state index is 0.911. The number of aryl methyl sites for hydroxylation is 1. The van der Waals surface area contributed by atoms with Crippen molar-refractivity contribution >= 4 is 14.2 Å². The smallest absolute Gasteiger partial charge is 0.204 e. The first-order valence-electron chi connectivity index (χ1n) is 5.63. The van der Waals surface area contributed by atoms with Crippen molar-refractivity contribution in [1.29, 1.82) is 0 Å². The Bertz CT molecular complexity index is 413. The number of hydrogen-bond donors (Lipinski definition) is 1. The molecular weight excluding hydrogens is 212 g/mol. The van der Waals surface area contributed by atoms with Gasteiger partial charge in [-0.2, -0.15) is 0 Å². The fraction of sp³-hybridized carbons (Fsp3) is 0.143. The zero-order valence-corrected chi connectivity index (χ0v) is 10.4. The van der Waals surface area contributed by atoms with Gasteiger partial charge < -0.3 is 4.80 Å². The molecule has 0 aliphatic rings. The van der Waals surface area contributed by atoms with E-state index in [1.807, 2.05) is 48.5 Å². The largest absolute Gasteiger partial charge is 0.430 e. The van der Waals surface area contributed by atoms with Gasteiger partial charge in [-0.15, -0.1) is 0 Å². The quantitative estimate of drug-likeness (QED) is 0.792. The summed E-state index contributed by atoms with van der Waals surface area (Å²) in [5.41, 5.74) is 1.31. The van der Waals surface area contributed by atoms with E-state index in [0.717, 1.165) is 17.7 Å². The SMILES string of the molecule is O[SiH](CCc1ccccc1)c1ccccc1. The molecule has 0 amide bonds. The van der Waals surface area contributed by atoms with E-state index < -0.39 is 9.04 Å². The molecule has 2 rings (SSSR count). The lowest BCUT2D eigenvalue weighted by Crippen LogP contribution is -2.29. The minimum atomic E-state index is -1.73. The van der Waals surface area contributed by atoms with E-state index in [2.05, 4.69) is 12.1 Å². The van der Waals surface area contributed by atoms with Crippen molar-refractivity contribution in [3.8, 4) is 0 Å². The van der Waals surface area contributed by atoms with Crippen LogP contribution >= 0.6 is 0 Å².